The smallest absolute Gasteiger partial charge is 0.238 e. The molecular formula is C18H17N5O3. The number of nitrogens with zero attached hydrogens (tertiary/aromatic N) is 3. The monoisotopic (exact) mass is 351 g/mol. The van der Waals surface area contributed by atoms with Gasteiger partial charge in [-0.1, -0.05) is 17.3 Å². The summed E-state index contributed by atoms with van der Waals surface area (Å²) < 4.78 is 10.4. The number of fused-ring (bicyclic) bond motifs is 1. The maximum atomic E-state index is 12.2. The molecule has 1 amide bonds. The van der Waals surface area contributed by atoms with Crippen LogP contribution in [0.1, 0.15) is 31.1 Å². The van der Waals surface area contributed by atoms with E-state index >= 15 is 0 Å². The van der Waals surface area contributed by atoms with E-state index in [0.717, 1.165) is 16.9 Å². The first-order valence-corrected chi connectivity index (χ1v) is 8.29. The highest BCUT2D eigenvalue weighted by Gasteiger charge is 2.16. The van der Waals surface area contributed by atoms with Crippen LogP contribution in [-0.2, 0) is 11.2 Å². The first kappa shape index (κ1) is 16.1. The van der Waals surface area contributed by atoms with E-state index in [1.807, 2.05) is 31.2 Å². The number of nitrogens with one attached hydrogen (secondary N) is 2. The third-order valence-electron chi connectivity index (χ3n) is 3.97. The Morgan fingerprint density at radius 1 is 1.23 bits per heavy atom. The number of amides is 1. The average Bonchev–Trinajstić information content (AvgIpc) is 3.39. The van der Waals surface area contributed by atoms with Gasteiger partial charge in [-0.25, -0.2) is 4.98 Å². The molecule has 0 radical (unpaired) electrons. The number of para-hydroxylation sites is 2. The molecule has 0 aliphatic rings. The number of H-pyrrole nitrogens is 1. The van der Waals surface area contributed by atoms with Crippen molar-refractivity contribution in [2.75, 3.05) is 0 Å². The Hall–Kier alpha value is -3.42. The van der Waals surface area contributed by atoms with Gasteiger partial charge in [0.25, 0.3) is 0 Å². The van der Waals surface area contributed by atoms with Gasteiger partial charge in [0, 0.05) is 12.8 Å². The van der Waals surface area contributed by atoms with Crippen molar-refractivity contribution in [1.82, 2.24) is 25.4 Å². The van der Waals surface area contributed by atoms with E-state index in [1.165, 1.54) is 6.26 Å². The van der Waals surface area contributed by atoms with Gasteiger partial charge in [-0.05, 0) is 31.2 Å². The van der Waals surface area contributed by atoms with Crippen LogP contribution in [0, 0.1) is 0 Å². The fourth-order valence-corrected chi connectivity index (χ4v) is 2.64. The third kappa shape index (κ3) is 3.34. The quantitative estimate of drug-likeness (QED) is 0.552. The van der Waals surface area contributed by atoms with Gasteiger partial charge in [-0.3, -0.25) is 4.79 Å². The van der Waals surface area contributed by atoms with E-state index in [4.69, 9.17) is 8.94 Å². The minimum absolute atomic E-state index is 0.115. The second kappa shape index (κ2) is 6.83. The summed E-state index contributed by atoms with van der Waals surface area (Å²) in [6.45, 7) is 1.89. The summed E-state index contributed by atoms with van der Waals surface area (Å²) in [6, 6.07) is 11.0. The molecule has 0 aliphatic carbocycles. The number of imidazole rings is 1. The lowest BCUT2D eigenvalue weighted by Gasteiger charge is -2.10. The third-order valence-corrected chi connectivity index (χ3v) is 3.97. The van der Waals surface area contributed by atoms with Crippen LogP contribution in [0.25, 0.3) is 22.6 Å². The number of aryl methyl sites for hydroxylation is 1. The number of benzene rings is 1. The molecule has 0 fully saturated rings. The standard InChI is InChI=1S/C18H17N5O3/c1-11(17-20-12-5-2-3-6-13(12)21-17)19-15(24)8-9-16-22-18(23-26-16)14-7-4-10-25-14/h2-7,10-11H,8-9H2,1H3,(H,19,24)(H,20,21). The van der Waals surface area contributed by atoms with Gasteiger partial charge >= 0.3 is 0 Å². The topological polar surface area (TPSA) is 110 Å². The Kier molecular flexibility index (Phi) is 4.22. The van der Waals surface area contributed by atoms with Gasteiger partial charge in [0.05, 0.1) is 23.3 Å². The van der Waals surface area contributed by atoms with Gasteiger partial charge < -0.3 is 19.2 Å². The first-order valence-electron chi connectivity index (χ1n) is 8.29. The van der Waals surface area contributed by atoms with Gasteiger partial charge in [-0.15, -0.1) is 0 Å². The fraction of sp³-hybridized carbons (Fsp3) is 0.222. The number of hydrogen-bond donors (Lipinski definition) is 2. The van der Waals surface area contributed by atoms with Crippen LogP contribution in [0.3, 0.4) is 0 Å². The van der Waals surface area contributed by atoms with Crippen LogP contribution in [0.5, 0.6) is 0 Å². The minimum Gasteiger partial charge on any atom is -0.461 e. The summed E-state index contributed by atoms with van der Waals surface area (Å²) in [5, 5.41) is 6.76. The van der Waals surface area contributed by atoms with Gasteiger partial charge in [0.2, 0.25) is 17.6 Å². The lowest BCUT2D eigenvalue weighted by molar-refractivity contribution is -0.121. The van der Waals surface area contributed by atoms with E-state index in [9.17, 15) is 4.79 Å². The van der Waals surface area contributed by atoms with Crippen LogP contribution >= 0.6 is 0 Å². The zero-order valence-corrected chi connectivity index (χ0v) is 14.1. The molecule has 0 saturated heterocycles. The largest absolute Gasteiger partial charge is 0.461 e. The lowest BCUT2D eigenvalue weighted by Crippen LogP contribution is -2.27. The Balaban J connectivity index is 1.33. The molecule has 1 atom stereocenters. The summed E-state index contributed by atoms with van der Waals surface area (Å²) in [5.41, 5.74) is 1.82. The van der Waals surface area contributed by atoms with E-state index in [-0.39, 0.29) is 18.4 Å². The maximum Gasteiger partial charge on any atom is 0.238 e. The number of carbonyl (C=O) groups is 1. The lowest BCUT2D eigenvalue weighted by atomic mass is 10.2. The summed E-state index contributed by atoms with van der Waals surface area (Å²) in [4.78, 5) is 24.1. The van der Waals surface area contributed by atoms with E-state index in [2.05, 4.69) is 25.4 Å². The molecule has 4 rings (SSSR count). The Labute approximate surface area is 148 Å². The molecule has 0 saturated carbocycles. The van der Waals surface area contributed by atoms with Crippen LogP contribution < -0.4 is 5.32 Å². The number of carbonyl (C=O) groups excluding carboxylic acids is 1. The van der Waals surface area contributed by atoms with Crippen LogP contribution in [0.4, 0.5) is 0 Å². The Morgan fingerprint density at radius 2 is 2.12 bits per heavy atom. The fourth-order valence-electron chi connectivity index (χ4n) is 2.64. The molecule has 8 heteroatoms. The first-order chi connectivity index (χ1) is 12.7. The van der Waals surface area contributed by atoms with Crippen molar-refractivity contribution in [2.45, 2.75) is 25.8 Å². The summed E-state index contributed by atoms with van der Waals surface area (Å²) in [7, 11) is 0. The van der Waals surface area contributed by atoms with Crippen molar-refractivity contribution in [3.05, 3.63) is 54.4 Å². The highest BCUT2D eigenvalue weighted by molar-refractivity contribution is 5.77. The SMILES string of the molecule is CC(NC(=O)CCc1nc(-c2ccco2)no1)c1nc2ccccc2[nH]1. The molecule has 26 heavy (non-hydrogen) atoms. The van der Waals surface area contributed by atoms with Gasteiger partial charge in [0.15, 0.2) is 5.76 Å². The molecule has 132 valence electrons. The van der Waals surface area contributed by atoms with Crippen molar-refractivity contribution in [3.8, 4) is 11.6 Å². The van der Waals surface area contributed by atoms with E-state index in [1.54, 1.807) is 12.1 Å². The number of aromatic nitrogens is 4. The predicted octanol–water partition coefficient (Wildman–Crippen LogP) is 3.02. The molecule has 1 unspecified atom stereocenters. The average molecular weight is 351 g/mol. The molecule has 4 aromatic rings. The molecule has 1 aromatic carbocycles. The molecule has 2 N–H and O–H groups in total. The second-order valence-corrected chi connectivity index (χ2v) is 5.92. The number of rotatable bonds is 6. The van der Waals surface area contributed by atoms with Gasteiger partial charge in [-0.2, -0.15) is 4.98 Å². The summed E-state index contributed by atoms with van der Waals surface area (Å²) in [5.74, 6) is 1.90. The van der Waals surface area contributed by atoms with E-state index < -0.39 is 0 Å². The molecule has 3 heterocycles. The van der Waals surface area contributed by atoms with Gasteiger partial charge in [0.1, 0.15) is 5.82 Å². The van der Waals surface area contributed by atoms with Crippen molar-refractivity contribution in [3.63, 3.8) is 0 Å². The Morgan fingerprint density at radius 3 is 2.92 bits per heavy atom. The number of hydrogen-bond acceptors (Lipinski definition) is 6. The van der Waals surface area contributed by atoms with Crippen LogP contribution in [0.2, 0.25) is 0 Å². The molecule has 3 aromatic heterocycles. The highest BCUT2D eigenvalue weighted by atomic mass is 16.5. The Bertz CT molecular complexity index is 986. The second-order valence-electron chi connectivity index (χ2n) is 5.92. The van der Waals surface area contributed by atoms with E-state index in [0.29, 0.717) is 23.9 Å². The van der Waals surface area contributed by atoms with Crippen LogP contribution in [-0.4, -0.2) is 26.0 Å². The zero-order valence-electron chi connectivity index (χ0n) is 14.1. The van der Waals surface area contributed by atoms with Crippen molar-refractivity contribution < 1.29 is 13.7 Å². The molecule has 0 spiro atoms. The zero-order chi connectivity index (χ0) is 17.9. The summed E-state index contributed by atoms with van der Waals surface area (Å²) in [6.07, 6.45) is 2.13. The predicted molar refractivity (Wildman–Crippen MR) is 93.0 cm³/mol. The van der Waals surface area contributed by atoms with Crippen molar-refractivity contribution in [1.29, 1.82) is 0 Å². The van der Waals surface area contributed by atoms with Crippen molar-refractivity contribution in [2.24, 2.45) is 0 Å². The molecule has 8 nitrogen and oxygen atoms in total. The maximum absolute atomic E-state index is 12.2. The number of aromatic amines is 1. The van der Waals surface area contributed by atoms with Crippen LogP contribution in [0.15, 0.2) is 51.6 Å². The van der Waals surface area contributed by atoms with Crippen molar-refractivity contribution >= 4 is 16.9 Å². The highest BCUT2D eigenvalue weighted by Crippen LogP contribution is 2.17. The number of furan rings is 1. The molecule has 0 aliphatic heterocycles. The molecular weight excluding hydrogens is 334 g/mol. The normalized spacial score (nSPS) is 12.3. The summed E-state index contributed by atoms with van der Waals surface area (Å²) >= 11 is 0. The minimum atomic E-state index is -0.226. The molecule has 0 bridgehead atoms.